The van der Waals surface area contributed by atoms with Gasteiger partial charge in [0, 0.05) is 24.0 Å². The highest BCUT2D eigenvalue weighted by molar-refractivity contribution is 6.04. The zero-order valence-electron chi connectivity index (χ0n) is 14.0. The molecule has 0 aliphatic heterocycles. The van der Waals surface area contributed by atoms with Gasteiger partial charge in [-0.05, 0) is 30.7 Å². The van der Waals surface area contributed by atoms with Crippen molar-refractivity contribution in [3.8, 4) is 0 Å². The van der Waals surface area contributed by atoms with Crippen LogP contribution in [-0.4, -0.2) is 10.5 Å². The van der Waals surface area contributed by atoms with Crippen LogP contribution in [0.5, 0.6) is 0 Å². The van der Waals surface area contributed by atoms with Gasteiger partial charge in [0.15, 0.2) is 11.6 Å². The maximum Gasteiger partial charge on any atom is 0.257 e. The number of benzene rings is 2. The number of amides is 1. The molecule has 0 unspecified atom stereocenters. The summed E-state index contributed by atoms with van der Waals surface area (Å²) in [5.74, 6) is -2.56. The molecular formula is C20H16F2N2O2. The molecule has 3 rings (SSSR count). The lowest BCUT2D eigenvalue weighted by atomic mass is 10.1. The van der Waals surface area contributed by atoms with Gasteiger partial charge in [-0.3, -0.25) is 9.59 Å². The smallest absolute Gasteiger partial charge is 0.257 e. The molecule has 0 radical (unpaired) electrons. The second kappa shape index (κ2) is 7.31. The van der Waals surface area contributed by atoms with E-state index in [0.717, 1.165) is 23.3 Å². The Morgan fingerprint density at radius 3 is 2.58 bits per heavy atom. The lowest BCUT2D eigenvalue weighted by Gasteiger charge is -2.10. The molecule has 0 saturated carbocycles. The minimum atomic E-state index is -1.05. The molecule has 0 atom stereocenters. The van der Waals surface area contributed by atoms with Gasteiger partial charge in [0.1, 0.15) is 0 Å². The van der Waals surface area contributed by atoms with Crippen LogP contribution >= 0.6 is 0 Å². The summed E-state index contributed by atoms with van der Waals surface area (Å²) in [4.78, 5) is 24.4. The third-order valence-corrected chi connectivity index (χ3v) is 3.86. The summed E-state index contributed by atoms with van der Waals surface area (Å²) in [6.45, 7) is 2.28. The SMILES string of the molecule is Cc1cccc(Cn2cc(C(=O)Nc3ccc(F)c(F)c3)ccc2=O)c1. The van der Waals surface area contributed by atoms with Crippen molar-refractivity contribution in [1.82, 2.24) is 4.57 Å². The first-order valence-electron chi connectivity index (χ1n) is 7.95. The summed E-state index contributed by atoms with van der Waals surface area (Å²) >= 11 is 0. The third-order valence-electron chi connectivity index (χ3n) is 3.86. The number of anilines is 1. The number of halogens is 2. The van der Waals surface area contributed by atoms with E-state index in [1.54, 1.807) is 0 Å². The van der Waals surface area contributed by atoms with Gasteiger partial charge >= 0.3 is 0 Å². The van der Waals surface area contributed by atoms with Gasteiger partial charge in [0.05, 0.1) is 12.1 Å². The van der Waals surface area contributed by atoms with E-state index in [9.17, 15) is 18.4 Å². The fraction of sp³-hybridized carbons (Fsp3) is 0.100. The molecule has 1 amide bonds. The van der Waals surface area contributed by atoms with Gasteiger partial charge in [0.2, 0.25) is 0 Å². The zero-order valence-corrected chi connectivity index (χ0v) is 14.0. The molecule has 4 nitrogen and oxygen atoms in total. The normalized spacial score (nSPS) is 10.6. The van der Waals surface area contributed by atoms with Gasteiger partial charge in [-0.2, -0.15) is 0 Å². The van der Waals surface area contributed by atoms with Gasteiger partial charge in [-0.15, -0.1) is 0 Å². The summed E-state index contributed by atoms with van der Waals surface area (Å²) in [5, 5.41) is 2.48. The molecule has 0 aliphatic rings. The first kappa shape index (κ1) is 17.5. The van der Waals surface area contributed by atoms with Crippen molar-refractivity contribution in [1.29, 1.82) is 0 Å². The quantitative estimate of drug-likeness (QED) is 0.776. The lowest BCUT2D eigenvalue weighted by molar-refractivity contribution is 0.102. The van der Waals surface area contributed by atoms with Crippen molar-refractivity contribution < 1.29 is 13.6 Å². The predicted octanol–water partition coefficient (Wildman–Crippen LogP) is 3.74. The Labute approximate surface area is 148 Å². The highest BCUT2D eigenvalue weighted by Gasteiger charge is 2.10. The molecule has 0 fully saturated rings. The molecule has 0 spiro atoms. The van der Waals surface area contributed by atoms with Crippen LogP contribution in [0.2, 0.25) is 0 Å². The number of pyridine rings is 1. The van der Waals surface area contributed by atoms with Gasteiger partial charge in [-0.1, -0.05) is 29.8 Å². The summed E-state index contributed by atoms with van der Waals surface area (Å²) in [5.41, 5.74) is 2.14. The van der Waals surface area contributed by atoms with E-state index in [-0.39, 0.29) is 16.8 Å². The summed E-state index contributed by atoms with van der Waals surface area (Å²) < 4.78 is 27.6. The number of nitrogens with one attached hydrogen (secondary N) is 1. The van der Waals surface area contributed by atoms with Crippen molar-refractivity contribution in [2.75, 3.05) is 5.32 Å². The monoisotopic (exact) mass is 354 g/mol. The molecule has 0 bridgehead atoms. The number of aromatic nitrogens is 1. The van der Waals surface area contributed by atoms with E-state index in [1.165, 1.54) is 29.0 Å². The standard InChI is InChI=1S/C20H16F2N2O2/c1-13-3-2-4-14(9-13)11-24-12-15(5-8-19(24)25)20(26)23-16-6-7-17(21)18(22)10-16/h2-10,12H,11H2,1H3,(H,23,26). The number of carbonyl (C=O) groups excluding carboxylic acids is 1. The minimum absolute atomic E-state index is 0.130. The molecule has 1 heterocycles. The van der Waals surface area contributed by atoms with Crippen molar-refractivity contribution in [2.24, 2.45) is 0 Å². The number of aryl methyl sites for hydroxylation is 1. The van der Waals surface area contributed by atoms with Crippen LogP contribution in [0, 0.1) is 18.6 Å². The van der Waals surface area contributed by atoms with Crippen LogP contribution in [-0.2, 0) is 6.54 Å². The Morgan fingerprint density at radius 1 is 1.04 bits per heavy atom. The van der Waals surface area contributed by atoms with E-state index >= 15 is 0 Å². The van der Waals surface area contributed by atoms with E-state index in [1.807, 2.05) is 31.2 Å². The second-order valence-corrected chi connectivity index (χ2v) is 5.96. The van der Waals surface area contributed by atoms with E-state index in [2.05, 4.69) is 5.32 Å². The highest BCUT2D eigenvalue weighted by Crippen LogP contribution is 2.14. The fourth-order valence-corrected chi connectivity index (χ4v) is 2.57. The van der Waals surface area contributed by atoms with Gasteiger partial charge in [-0.25, -0.2) is 8.78 Å². The first-order valence-corrected chi connectivity index (χ1v) is 7.95. The van der Waals surface area contributed by atoms with Crippen LogP contribution in [0.15, 0.2) is 65.6 Å². The molecule has 3 aromatic rings. The first-order chi connectivity index (χ1) is 12.4. The average Bonchev–Trinajstić information content (AvgIpc) is 2.60. The second-order valence-electron chi connectivity index (χ2n) is 5.96. The Morgan fingerprint density at radius 2 is 1.85 bits per heavy atom. The summed E-state index contributed by atoms with van der Waals surface area (Å²) in [7, 11) is 0. The molecule has 0 aliphatic carbocycles. The topological polar surface area (TPSA) is 51.1 Å². The summed E-state index contributed by atoms with van der Waals surface area (Å²) in [6, 6.07) is 13.5. The molecule has 2 aromatic carbocycles. The number of carbonyl (C=O) groups is 1. The molecule has 0 saturated heterocycles. The average molecular weight is 354 g/mol. The molecule has 132 valence electrons. The van der Waals surface area contributed by atoms with Crippen molar-refractivity contribution >= 4 is 11.6 Å². The summed E-state index contributed by atoms with van der Waals surface area (Å²) in [6.07, 6.45) is 1.44. The maximum absolute atomic E-state index is 13.3. The number of rotatable bonds is 4. The molecule has 6 heteroatoms. The Kier molecular flexibility index (Phi) is 4.93. The molecule has 26 heavy (non-hydrogen) atoms. The highest BCUT2D eigenvalue weighted by atomic mass is 19.2. The maximum atomic E-state index is 13.3. The fourth-order valence-electron chi connectivity index (χ4n) is 2.57. The van der Waals surface area contributed by atoms with E-state index in [0.29, 0.717) is 6.54 Å². The van der Waals surface area contributed by atoms with Gasteiger partial charge < -0.3 is 9.88 Å². The van der Waals surface area contributed by atoms with Gasteiger partial charge in [0.25, 0.3) is 11.5 Å². The zero-order chi connectivity index (χ0) is 18.7. The van der Waals surface area contributed by atoms with Crippen molar-refractivity contribution in [2.45, 2.75) is 13.5 Å². The Balaban J connectivity index is 1.83. The van der Waals surface area contributed by atoms with Crippen LogP contribution in [0.1, 0.15) is 21.5 Å². The third kappa shape index (κ3) is 4.03. The molecule has 1 aromatic heterocycles. The Bertz CT molecular complexity index is 1030. The van der Waals surface area contributed by atoms with E-state index < -0.39 is 17.5 Å². The predicted molar refractivity (Wildman–Crippen MR) is 95.3 cm³/mol. The van der Waals surface area contributed by atoms with E-state index in [4.69, 9.17) is 0 Å². The van der Waals surface area contributed by atoms with Crippen LogP contribution in [0.4, 0.5) is 14.5 Å². The lowest BCUT2D eigenvalue weighted by Crippen LogP contribution is -2.22. The van der Waals surface area contributed by atoms with Crippen molar-refractivity contribution in [3.05, 3.63) is 99.5 Å². The van der Waals surface area contributed by atoms with Crippen LogP contribution in [0.25, 0.3) is 0 Å². The molecular weight excluding hydrogens is 338 g/mol. The van der Waals surface area contributed by atoms with Crippen LogP contribution < -0.4 is 10.9 Å². The largest absolute Gasteiger partial charge is 0.322 e. The van der Waals surface area contributed by atoms with Crippen molar-refractivity contribution in [3.63, 3.8) is 0 Å². The molecule has 1 N–H and O–H groups in total. The number of hydrogen-bond acceptors (Lipinski definition) is 2. The minimum Gasteiger partial charge on any atom is -0.322 e. The Hall–Kier alpha value is -3.28. The van der Waals surface area contributed by atoms with Crippen LogP contribution in [0.3, 0.4) is 0 Å². The number of hydrogen-bond donors (Lipinski definition) is 1. The number of nitrogens with zero attached hydrogens (tertiary/aromatic N) is 1.